The number of nitro groups is 1. The van der Waals surface area contributed by atoms with Crippen molar-refractivity contribution in [1.29, 1.82) is 0 Å². The smallest absolute Gasteiger partial charge is 0.293 e. The van der Waals surface area contributed by atoms with Gasteiger partial charge in [0, 0.05) is 6.07 Å². The molecule has 0 aliphatic heterocycles. The van der Waals surface area contributed by atoms with Crippen molar-refractivity contribution >= 4 is 21.4 Å². The van der Waals surface area contributed by atoms with Crippen LogP contribution in [0.1, 0.15) is 30.0 Å². The SMILES string of the molecule is C[NH+](C)CCNS(=O)(=O)c1ccc(N[C@H]2CCCc3ccccc32)c([N+](=O)[O-])c1. The van der Waals surface area contributed by atoms with Crippen LogP contribution in [0.2, 0.25) is 0 Å². The summed E-state index contributed by atoms with van der Waals surface area (Å²) in [7, 11) is 0.0333. The van der Waals surface area contributed by atoms with Gasteiger partial charge in [-0.05, 0) is 42.5 Å². The Bertz CT molecular complexity index is 992. The summed E-state index contributed by atoms with van der Waals surface area (Å²) in [5.74, 6) is 0. The summed E-state index contributed by atoms with van der Waals surface area (Å²) in [5, 5.41) is 14.9. The van der Waals surface area contributed by atoms with Gasteiger partial charge in [-0.2, -0.15) is 0 Å². The van der Waals surface area contributed by atoms with Crippen LogP contribution >= 0.6 is 0 Å². The molecular weight excluding hydrogens is 392 g/mol. The van der Waals surface area contributed by atoms with Gasteiger partial charge in [-0.25, -0.2) is 13.1 Å². The van der Waals surface area contributed by atoms with Gasteiger partial charge in [0.15, 0.2) is 0 Å². The summed E-state index contributed by atoms with van der Waals surface area (Å²) in [5.41, 5.74) is 2.46. The van der Waals surface area contributed by atoms with E-state index in [0.717, 1.165) is 35.8 Å². The lowest BCUT2D eigenvalue weighted by Crippen LogP contribution is -3.06. The number of rotatable bonds is 8. The Kier molecular flexibility index (Phi) is 6.51. The zero-order chi connectivity index (χ0) is 21.0. The molecule has 2 aromatic carbocycles. The van der Waals surface area contributed by atoms with Crippen LogP contribution in [0.3, 0.4) is 0 Å². The Balaban J connectivity index is 1.85. The minimum atomic E-state index is -3.81. The molecule has 0 saturated heterocycles. The molecule has 156 valence electrons. The molecule has 3 N–H and O–H groups in total. The molecule has 1 atom stereocenters. The van der Waals surface area contributed by atoms with E-state index in [-0.39, 0.29) is 23.2 Å². The molecule has 3 rings (SSSR count). The molecule has 0 saturated carbocycles. The number of hydrogen-bond donors (Lipinski definition) is 3. The molecule has 9 heteroatoms. The fourth-order valence-electron chi connectivity index (χ4n) is 3.56. The number of anilines is 1. The molecule has 0 aromatic heterocycles. The van der Waals surface area contributed by atoms with Crippen molar-refractivity contribution in [1.82, 2.24) is 4.72 Å². The molecule has 0 fully saturated rings. The number of hydrogen-bond acceptors (Lipinski definition) is 5. The van der Waals surface area contributed by atoms with Gasteiger partial charge in [-0.15, -0.1) is 0 Å². The molecule has 0 heterocycles. The first-order valence-electron chi connectivity index (χ1n) is 9.69. The van der Waals surface area contributed by atoms with Gasteiger partial charge >= 0.3 is 0 Å². The van der Waals surface area contributed by atoms with E-state index in [0.29, 0.717) is 12.2 Å². The third-order valence-corrected chi connectivity index (χ3v) is 6.55. The van der Waals surface area contributed by atoms with Gasteiger partial charge in [0.2, 0.25) is 10.0 Å². The fraction of sp³-hybridized carbons (Fsp3) is 0.400. The van der Waals surface area contributed by atoms with Crippen LogP contribution < -0.4 is 14.9 Å². The van der Waals surface area contributed by atoms with Crippen molar-refractivity contribution in [3.8, 4) is 0 Å². The van der Waals surface area contributed by atoms with Gasteiger partial charge in [-0.1, -0.05) is 24.3 Å². The molecule has 2 aromatic rings. The topological polar surface area (TPSA) is 106 Å². The van der Waals surface area contributed by atoms with E-state index in [9.17, 15) is 18.5 Å². The number of benzene rings is 2. The first-order chi connectivity index (χ1) is 13.8. The van der Waals surface area contributed by atoms with Crippen molar-refractivity contribution in [2.75, 3.05) is 32.5 Å². The van der Waals surface area contributed by atoms with Crippen LogP contribution in [0, 0.1) is 10.1 Å². The Morgan fingerprint density at radius 3 is 2.69 bits per heavy atom. The second kappa shape index (κ2) is 8.89. The highest BCUT2D eigenvalue weighted by Crippen LogP contribution is 2.36. The molecule has 0 bridgehead atoms. The second-order valence-corrected chi connectivity index (χ2v) is 9.35. The molecule has 0 radical (unpaired) electrons. The zero-order valence-electron chi connectivity index (χ0n) is 16.6. The lowest BCUT2D eigenvalue weighted by atomic mass is 9.87. The maximum absolute atomic E-state index is 12.5. The lowest BCUT2D eigenvalue weighted by Gasteiger charge is -2.27. The van der Waals surface area contributed by atoms with Crippen molar-refractivity contribution in [3.63, 3.8) is 0 Å². The summed E-state index contributed by atoms with van der Waals surface area (Å²) in [6.07, 6.45) is 2.85. The number of nitro benzene ring substituents is 1. The third kappa shape index (κ3) is 5.11. The van der Waals surface area contributed by atoms with E-state index in [1.807, 2.05) is 32.3 Å². The average Bonchev–Trinajstić information content (AvgIpc) is 2.68. The Labute approximate surface area is 171 Å². The number of sulfonamides is 1. The maximum Gasteiger partial charge on any atom is 0.293 e. The molecule has 29 heavy (non-hydrogen) atoms. The van der Waals surface area contributed by atoms with E-state index < -0.39 is 14.9 Å². The number of aryl methyl sites for hydroxylation is 1. The van der Waals surface area contributed by atoms with Gasteiger partial charge in [0.25, 0.3) is 5.69 Å². The quantitative estimate of drug-likeness (QED) is 0.444. The summed E-state index contributed by atoms with van der Waals surface area (Å²) < 4.78 is 27.5. The molecule has 0 unspecified atom stereocenters. The molecule has 1 aliphatic rings. The van der Waals surface area contributed by atoms with Crippen molar-refractivity contribution < 1.29 is 18.2 Å². The first-order valence-corrected chi connectivity index (χ1v) is 11.2. The molecular formula is C20H27N4O4S+. The third-order valence-electron chi connectivity index (χ3n) is 5.09. The molecule has 0 amide bonds. The van der Waals surface area contributed by atoms with Gasteiger partial charge < -0.3 is 10.2 Å². The van der Waals surface area contributed by atoms with Crippen molar-refractivity contribution in [3.05, 3.63) is 63.7 Å². The van der Waals surface area contributed by atoms with Gasteiger partial charge in [0.05, 0.1) is 43.0 Å². The Hall–Kier alpha value is -2.49. The predicted molar refractivity (Wildman–Crippen MR) is 112 cm³/mol. The van der Waals surface area contributed by atoms with Crippen molar-refractivity contribution in [2.45, 2.75) is 30.2 Å². The van der Waals surface area contributed by atoms with E-state index in [1.165, 1.54) is 17.7 Å². The Morgan fingerprint density at radius 1 is 1.21 bits per heavy atom. The average molecular weight is 420 g/mol. The minimum absolute atomic E-state index is 0.0395. The first kappa shape index (κ1) is 21.2. The minimum Gasteiger partial charge on any atom is -0.373 e. The predicted octanol–water partition coefficient (Wildman–Crippen LogP) is 1.51. The fourth-order valence-corrected chi connectivity index (χ4v) is 4.61. The molecule has 8 nitrogen and oxygen atoms in total. The van der Waals surface area contributed by atoms with Crippen molar-refractivity contribution in [2.24, 2.45) is 0 Å². The van der Waals surface area contributed by atoms with Crippen LogP contribution in [0.15, 0.2) is 47.4 Å². The lowest BCUT2D eigenvalue weighted by molar-refractivity contribution is -0.856. The number of likely N-dealkylation sites (N-methyl/N-ethyl adjacent to an activating group) is 1. The van der Waals surface area contributed by atoms with Crippen LogP contribution in [0.25, 0.3) is 0 Å². The summed E-state index contributed by atoms with van der Waals surface area (Å²) in [6.45, 7) is 0.874. The highest BCUT2D eigenvalue weighted by atomic mass is 32.2. The van der Waals surface area contributed by atoms with Gasteiger partial charge in [0.1, 0.15) is 5.69 Å². The van der Waals surface area contributed by atoms with E-state index in [2.05, 4.69) is 16.1 Å². The van der Waals surface area contributed by atoms with E-state index in [1.54, 1.807) is 0 Å². The number of fused-ring (bicyclic) bond motifs is 1. The summed E-state index contributed by atoms with van der Waals surface area (Å²) in [4.78, 5) is 12.1. The Morgan fingerprint density at radius 2 is 1.97 bits per heavy atom. The highest BCUT2D eigenvalue weighted by Gasteiger charge is 2.25. The summed E-state index contributed by atoms with van der Waals surface area (Å²) in [6, 6.07) is 12.1. The second-order valence-electron chi connectivity index (χ2n) is 7.58. The molecule has 1 aliphatic carbocycles. The monoisotopic (exact) mass is 419 g/mol. The maximum atomic E-state index is 12.5. The number of quaternary nitrogens is 1. The van der Waals surface area contributed by atoms with Gasteiger partial charge in [-0.3, -0.25) is 10.1 Å². The van der Waals surface area contributed by atoms with E-state index >= 15 is 0 Å². The van der Waals surface area contributed by atoms with Crippen LogP contribution in [0.4, 0.5) is 11.4 Å². The van der Waals surface area contributed by atoms with E-state index in [4.69, 9.17) is 0 Å². The largest absolute Gasteiger partial charge is 0.373 e. The van der Waals surface area contributed by atoms with Crippen LogP contribution in [0.5, 0.6) is 0 Å². The standard InChI is InChI=1S/C20H26N4O4S/c1-23(2)13-12-21-29(27,28)16-10-11-19(20(14-16)24(25)26)22-18-9-5-7-15-6-3-4-8-17(15)18/h3-4,6,8,10-11,14,18,21-22H,5,7,9,12-13H2,1-2H3/p+1/t18-/m0/s1. The normalized spacial score (nSPS) is 16.4. The number of nitrogens with zero attached hydrogens (tertiary/aromatic N) is 1. The highest BCUT2D eigenvalue weighted by molar-refractivity contribution is 7.89. The number of nitrogens with one attached hydrogen (secondary N) is 3. The molecule has 0 spiro atoms. The van der Waals surface area contributed by atoms with Crippen LogP contribution in [-0.4, -0.2) is 40.5 Å². The summed E-state index contributed by atoms with van der Waals surface area (Å²) >= 11 is 0. The zero-order valence-corrected chi connectivity index (χ0v) is 17.5. The van der Waals surface area contributed by atoms with Crippen LogP contribution in [-0.2, 0) is 16.4 Å².